The van der Waals surface area contributed by atoms with E-state index in [-0.39, 0.29) is 0 Å². The number of allylic oxidation sites excluding steroid dienone is 1. The molecular formula is C19H18. The van der Waals surface area contributed by atoms with Gasteiger partial charge in [0.25, 0.3) is 0 Å². The van der Waals surface area contributed by atoms with Crippen LogP contribution in [0, 0.1) is 11.8 Å². The SMILES string of the molecule is C[C@H]1C(=C=C(c2ccccc2)c2ccccc2)[C@@H]1C. The zero-order chi connectivity index (χ0) is 13.2. The van der Waals surface area contributed by atoms with Crippen LogP contribution < -0.4 is 0 Å². The molecule has 19 heavy (non-hydrogen) atoms. The lowest BCUT2D eigenvalue weighted by atomic mass is 9.98. The van der Waals surface area contributed by atoms with E-state index in [2.05, 4.69) is 80.2 Å². The number of hydrogen-bond donors (Lipinski definition) is 0. The topological polar surface area (TPSA) is 0 Å². The highest BCUT2D eigenvalue weighted by Gasteiger charge is 2.35. The lowest BCUT2D eigenvalue weighted by molar-refractivity contribution is 0.834. The highest BCUT2D eigenvalue weighted by molar-refractivity contribution is 5.79. The van der Waals surface area contributed by atoms with E-state index in [1.807, 2.05) is 0 Å². The maximum absolute atomic E-state index is 3.66. The summed E-state index contributed by atoms with van der Waals surface area (Å²) in [6, 6.07) is 21.1. The Morgan fingerprint density at radius 2 is 1.16 bits per heavy atom. The third-order valence-corrected chi connectivity index (χ3v) is 4.02. The van der Waals surface area contributed by atoms with E-state index in [1.165, 1.54) is 22.3 Å². The summed E-state index contributed by atoms with van der Waals surface area (Å²) in [6.45, 7) is 4.56. The van der Waals surface area contributed by atoms with E-state index in [9.17, 15) is 0 Å². The predicted molar refractivity (Wildman–Crippen MR) is 80.7 cm³/mol. The zero-order valence-corrected chi connectivity index (χ0v) is 11.4. The molecule has 2 aromatic carbocycles. The Labute approximate surface area is 115 Å². The van der Waals surface area contributed by atoms with Crippen molar-refractivity contribution in [3.63, 3.8) is 0 Å². The summed E-state index contributed by atoms with van der Waals surface area (Å²) in [6.07, 6.45) is 0. The molecule has 2 atom stereocenters. The Balaban J connectivity index is 2.16. The molecule has 94 valence electrons. The Morgan fingerprint density at radius 3 is 1.53 bits per heavy atom. The van der Waals surface area contributed by atoms with Crippen LogP contribution in [0.1, 0.15) is 25.0 Å². The lowest BCUT2D eigenvalue weighted by Crippen LogP contribution is -1.85. The van der Waals surface area contributed by atoms with Crippen LogP contribution in [0.5, 0.6) is 0 Å². The van der Waals surface area contributed by atoms with Crippen molar-refractivity contribution >= 4 is 5.57 Å². The normalized spacial score (nSPS) is 20.8. The molecule has 0 nitrogen and oxygen atoms in total. The van der Waals surface area contributed by atoms with Crippen molar-refractivity contribution in [1.82, 2.24) is 0 Å². The maximum Gasteiger partial charge on any atom is 0.0309 e. The van der Waals surface area contributed by atoms with Gasteiger partial charge < -0.3 is 0 Å². The highest BCUT2D eigenvalue weighted by Crippen LogP contribution is 2.44. The molecule has 1 saturated carbocycles. The smallest absolute Gasteiger partial charge is 0.0309 e. The second-order valence-electron chi connectivity index (χ2n) is 5.26. The molecule has 1 fully saturated rings. The van der Waals surface area contributed by atoms with Gasteiger partial charge in [-0.1, -0.05) is 74.5 Å². The molecule has 0 aliphatic heterocycles. The van der Waals surface area contributed by atoms with Crippen LogP contribution in [0.25, 0.3) is 5.57 Å². The van der Waals surface area contributed by atoms with Gasteiger partial charge in [0.15, 0.2) is 0 Å². The molecular weight excluding hydrogens is 228 g/mol. The Bertz CT molecular complexity index is 577. The fraction of sp³-hybridized carbons (Fsp3) is 0.211. The average Bonchev–Trinajstić information content (AvgIpc) is 3.04. The molecule has 0 heterocycles. The third kappa shape index (κ3) is 2.41. The number of rotatable bonds is 2. The van der Waals surface area contributed by atoms with Crippen molar-refractivity contribution in [3.8, 4) is 0 Å². The predicted octanol–water partition coefficient (Wildman–Crippen LogP) is 4.93. The fourth-order valence-corrected chi connectivity index (χ4v) is 2.46. The summed E-state index contributed by atoms with van der Waals surface area (Å²) in [5.74, 6) is 1.37. The monoisotopic (exact) mass is 246 g/mol. The average molecular weight is 246 g/mol. The number of hydrogen-bond acceptors (Lipinski definition) is 0. The Kier molecular flexibility index (Phi) is 3.11. The van der Waals surface area contributed by atoms with Gasteiger partial charge in [0.1, 0.15) is 0 Å². The van der Waals surface area contributed by atoms with Crippen molar-refractivity contribution in [1.29, 1.82) is 0 Å². The van der Waals surface area contributed by atoms with Crippen molar-refractivity contribution in [2.75, 3.05) is 0 Å². The minimum Gasteiger partial charge on any atom is -0.112 e. The van der Waals surface area contributed by atoms with Gasteiger partial charge in [-0.15, -0.1) is 5.73 Å². The summed E-state index contributed by atoms with van der Waals surface area (Å²) in [4.78, 5) is 0. The molecule has 3 rings (SSSR count). The van der Waals surface area contributed by atoms with Gasteiger partial charge in [0.05, 0.1) is 0 Å². The van der Waals surface area contributed by atoms with Crippen LogP contribution in [0.3, 0.4) is 0 Å². The third-order valence-electron chi connectivity index (χ3n) is 4.02. The van der Waals surface area contributed by atoms with Crippen LogP contribution in [-0.2, 0) is 0 Å². The molecule has 2 aromatic rings. The first-order valence-corrected chi connectivity index (χ1v) is 6.89. The van der Waals surface area contributed by atoms with Crippen LogP contribution in [0.2, 0.25) is 0 Å². The molecule has 0 unspecified atom stereocenters. The van der Waals surface area contributed by atoms with Crippen molar-refractivity contribution in [2.24, 2.45) is 11.8 Å². The first kappa shape index (κ1) is 12.0. The van der Waals surface area contributed by atoms with Crippen LogP contribution >= 0.6 is 0 Å². The van der Waals surface area contributed by atoms with Gasteiger partial charge >= 0.3 is 0 Å². The van der Waals surface area contributed by atoms with Gasteiger partial charge in [-0.05, 0) is 28.5 Å². The minimum absolute atomic E-state index is 0.683. The van der Waals surface area contributed by atoms with Gasteiger partial charge in [-0.3, -0.25) is 0 Å². The summed E-state index contributed by atoms with van der Waals surface area (Å²) in [5, 5.41) is 0. The molecule has 1 aliphatic rings. The molecule has 0 radical (unpaired) electrons. The second-order valence-corrected chi connectivity index (χ2v) is 5.26. The van der Waals surface area contributed by atoms with Crippen molar-refractivity contribution in [2.45, 2.75) is 13.8 Å². The Morgan fingerprint density at radius 1 is 0.737 bits per heavy atom. The van der Waals surface area contributed by atoms with Gasteiger partial charge in [-0.25, -0.2) is 0 Å². The molecule has 0 spiro atoms. The molecule has 0 heteroatoms. The summed E-state index contributed by atoms with van der Waals surface area (Å²) in [7, 11) is 0. The summed E-state index contributed by atoms with van der Waals surface area (Å²) < 4.78 is 0. The van der Waals surface area contributed by atoms with Crippen LogP contribution in [0.4, 0.5) is 0 Å². The van der Waals surface area contributed by atoms with E-state index in [4.69, 9.17) is 0 Å². The largest absolute Gasteiger partial charge is 0.112 e. The molecule has 0 bridgehead atoms. The van der Waals surface area contributed by atoms with E-state index in [0.29, 0.717) is 11.8 Å². The van der Waals surface area contributed by atoms with Gasteiger partial charge in [-0.2, -0.15) is 0 Å². The highest BCUT2D eigenvalue weighted by atomic mass is 14.4. The van der Waals surface area contributed by atoms with E-state index in [0.717, 1.165) is 0 Å². The lowest BCUT2D eigenvalue weighted by Gasteiger charge is -2.05. The summed E-state index contributed by atoms with van der Waals surface area (Å²) in [5.41, 5.74) is 8.80. The maximum atomic E-state index is 3.66. The first-order chi connectivity index (χ1) is 9.27. The van der Waals surface area contributed by atoms with Gasteiger partial charge in [0, 0.05) is 5.57 Å². The van der Waals surface area contributed by atoms with E-state index in [1.54, 1.807) is 0 Å². The van der Waals surface area contributed by atoms with Crippen molar-refractivity contribution < 1.29 is 0 Å². The van der Waals surface area contributed by atoms with E-state index < -0.39 is 0 Å². The first-order valence-electron chi connectivity index (χ1n) is 6.89. The fourth-order valence-electron chi connectivity index (χ4n) is 2.46. The zero-order valence-electron chi connectivity index (χ0n) is 11.4. The van der Waals surface area contributed by atoms with Crippen molar-refractivity contribution in [3.05, 3.63) is 83.1 Å². The molecule has 0 N–H and O–H groups in total. The quantitative estimate of drug-likeness (QED) is 0.659. The standard InChI is InChI=1S/C19H18/c1-14-15(2)18(14)13-19(16-9-5-3-6-10-16)17-11-7-4-8-12-17/h3-12,14-15H,1-2H3/t14-,15-/m1/s1. The molecule has 0 amide bonds. The molecule has 1 aliphatic carbocycles. The summed E-state index contributed by atoms with van der Waals surface area (Å²) >= 11 is 0. The number of benzene rings is 2. The second kappa shape index (κ2) is 4.91. The van der Waals surface area contributed by atoms with Crippen LogP contribution in [-0.4, -0.2) is 0 Å². The molecule has 0 aromatic heterocycles. The van der Waals surface area contributed by atoms with Gasteiger partial charge in [0.2, 0.25) is 0 Å². The minimum atomic E-state index is 0.683. The molecule has 0 saturated heterocycles. The van der Waals surface area contributed by atoms with E-state index >= 15 is 0 Å². The van der Waals surface area contributed by atoms with Crippen LogP contribution in [0.15, 0.2) is 72.0 Å². The Hall–Kier alpha value is -2.04.